The van der Waals surface area contributed by atoms with Crippen LogP contribution >= 0.6 is 0 Å². The first-order valence-corrected chi connectivity index (χ1v) is 9.24. The normalized spacial score (nSPS) is 19.1. The van der Waals surface area contributed by atoms with E-state index >= 15 is 0 Å². The second kappa shape index (κ2) is 7.54. The van der Waals surface area contributed by atoms with Crippen molar-refractivity contribution in [3.63, 3.8) is 0 Å². The van der Waals surface area contributed by atoms with E-state index in [1.165, 1.54) is 7.11 Å². The molecular weight excluding hydrogens is 363 g/mol. The Morgan fingerprint density at radius 2 is 2.14 bits per heavy atom. The molecule has 0 saturated carbocycles. The SMILES string of the molecule is COC(=O)[C@@](N)(C(=O)N1CCC[C@H]1c1nc2ccc(B(O)O)cc2[nH]1)C(C)C. The van der Waals surface area contributed by atoms with Crippen LogP contribution < -0.4 is 11.2 Å². The van der Waals surface area contributed by atoms with Gasteiger partial charge in [-0.1, -0.05) is 19.9 Å². The molecule has 0 aliphatic carbocycles. The monoisotopic (exact) mass is 388 g/mol. The van der Waals surface area contributed by atoms with Gasteiger partial charge in [-0.3, -0.25) is 4.79 Å². The van der Waals surface area contributed by atoms with Crippen LogP contribution in [0.15, 0.2) is 18.2 Å². The highest BCUT2D eigenvalue weighted by molar-refractivity contribution is 6.58. The number of methoxy groups -OCH3 is 1. The number of hydrogen-bond acceptors (Lipinski definition) is 7. The molecule has 0 unspecified atom stereocenters. The van der Waals surface area contributed by atoms with E-state index in [2.05, 4.69) is 9.97 Å². The predicted molar refractivity (Wildman–Crippen MR) is 103 cm³/mol. The lowest BCUT2D eigenvalue weighted by Gasteiger charge is -2.35. The Bertz CT molecular complexity index is 899. The van der Waals surface area contributed by atoms with Crippen LogP contribution in [0.25, 0.3) is 11.0 Å². The standard InChI is InChI=1S/C18H25BN4O5/c1-10(2)18(20,17(25)28-3)16(24)23-8-4-5-14(23)15-21-12-7-6-11(19(26)27)9-13(12)22-15/h6-7,9-10,14,26-27H,4-5,8,20H2,1-3H3,(H,21,22)/t14-,18-/m0/s1. The summed E-state index contributed by atoms with van der Waals surface area (Å²) in [4.78, 5) is 34.8. The third-order valence-electron chi connectivity index (χ3n) is 5.44. The highest BCUT2D eigenvalue weighted by Gasteiger charge is 2.51. The van der Waals surface area contributed by atoms with Crippen LogP contribution in [0.4, 0.5) is 0 Å². The number of ether oxygens (including phenoxy) is 1. The maximum atomic E-state index is 13.2. The Balaban J connectivity index is 1.95. The lowest BCUT2D eigenvalue weighted by Crippen LogP contribution is -2.64. The number of nitrogens with one attached hydrogen (secondary N) is 1. The topological polar surface area (TPSA) is 142 Å². The molecule has 1 aromatic heterocycles. The van der Waals surface area contributed by atoms with E-state index in [1.807, 2.05) is 0 Å². The Morgan fingerprint density at radius 3 is 2.75 bits per heavy atom. The smallest absolute Gasteiger partial charge is 0.467 e. The van der Waals surface area contributed by atoms with Gasteiger partial charge < -0.3 is 30.4 Å². The minimum absolute atomic E-state index is 0.341. The van der Waals surface area contributed by atoms with Gasteiger partial charge in [-0.25, -0.2) is 9.78 Å². The number of carbonyl (C=O) groups excluding carboxylic acids is 2. The Morgan fingerprint density at radius 1 is 1.43 bits per heavy atom. The molecule has 28 heavy (non-hydrogen) atoms. The minimum Gasteiger partial charge on any atom is -0.467 e. The van der Waals surface area contributed by atoms with E-state index < -0.39 is 30.5 Å². The number of carbonyl (C=O) groups is 2. The minimum atomic E-state index is -1.77. The zero-order valence-electron chi connectivity index (χ0n) is 16.2. The largest absolute Gasteiger partial charge is 0.488 e. The van der Waals surface area contributed by atoms with E-state index in [0.29, 0.717) is 35.3 Å². The van der Waals surface area contributed by atoms with E-state index in [9.17, 15) is 19.6 Å². The molecule has 2 atom stereocenters. The van der Waals surface area contributed by atoms with Crippen molar-refractivity contribution in [1.29, 1.82) is 0 Å². The first-order chi connectivity index (χ1) is 13.2. The van der Waals surface area contributed by atoms with Gasteiger partial charge in [0, 0.05) is 6.54 Å². The summed E-state index contributed by atoms with van der Waals surface area (Å²) >= 11 is 0. The number of fused-ring (bicyclic) bond motifs is 1. The molecule has 3 rings (SSSR count). The predicted octanol–water partition coefficient (Wildman–Crippen LogP) is -0.567. The summed E-state index contributed by atoms with van der Waals surface area (Å²) in [5, 5.41) is 18.7. The number of aromatic nitrogens is 2. The van der Waals surface area contributed by atoms with Gasteiger partial charge in [-0.15, -0.1) is 0 Å². The molecule has 9 nitrogen and oxygen atoms in total. The molecule has 10 heteroatoms. The number of rotatable bonds is 5. The summed E-state index contributed by atoms with van der Waals surface area (Å²) in [6, 6.07) is 4.51. The quantitative estimate of drug-likeness (QED) is 0.305. The molecule has 1 aromatic carbocycles. The summed E-state index contributed by atoms with van der Waals surface area (Å²) in [6.45, 7) is 3.88. The van der Waals surface area contributed by atoms with Crippen LogP contribution in [0.5, 0.6) is 0 Å². The zero-order chi connectivity index (χ0) is 20.6. The molecule has 0 bridgehead atoms. The molecule has 0 radical (unpaired) electrons. The first kappa shape index (κ1) is 20.3. The molecule has 150 valence electrons. The van der Waals surface area contributed by atoms with Gasteiger partial charge in [0.2, 0.25) is 0 Å². The summed E-state index contributed by atoms with van der Waals surface area (Å²) in [7, 11) is -0.363. The van der Waals surface area contributed by atoms with Gasteiger partial charge in [0.05, 0.1) is 24.2 Å². The van der Waals surface area contributed by atoms with Crippen molar-refractivity contribution in [3.8, 4) is 0 Å². The number of H-pyrrole nitrogens is 1. The fraction of sp³-hybridized carbons (Fsp3) is 0.500. The second-order valence-electron chi connectivity index (χ2n) is 7.44. The molecule has 2 heterocycles. The number of esters is 1. The fourth-order valence-corrected chi connectivity index (χ4v) is 3.64. The summed E-state index contributed by atoms with van der Waals surface area (Å²) in [5.41, 5.74) is 6.09. The van der Waals surface area contributed by atoms with Crippen molar-refractivity contribution in [2.24, 2.45) is 11.7 Å². The molecule has 5 N–H and O–H groups in total. The van der Waals surface area contributed by atoms with Crippen LogP contribution in [0.2, 0.25) is 0 Å². The van der Waals surface area contributed by atoms with E-state index in [0.717, 1.165) is 6.42 Å². The average molecular weight is 388 g/mol. The number of hydrogen-bond donors (Lipinski definition) is 4. The van der Waals surface area contributed by atoms with E-state index in [4.69, 9.17) is 10.5 Å². The van der Waals surface area contributed by atoms with Gasteiger partial charge in [0.1, 0.15) is 5.82 Å². The summed E-state index contributed by atoms with van der Waals surface area (Å²) < 4.78 is 4.80. The Kier molecular flexibility index (Phi) is 5.47. The summed E-state index contributed by atoms with van der Waals surface area (Å²) in [5.74, 6) is -1.12. The van der Waals surface area contributed by atoms with Gasteiger partial charge in [0.15, 0.2) is 5.54 Å². The van der Waals surface area contributed by atoms with Gasteiger partial charge >= 0.3 is 13.1 Å². The highest BCUT2D eigenvalue weighted by atomic mass is 16.5. The third-order valence-corrected chi connectivity index (χ3v) is 5.44. The number of benzene rings is 1. The number of amides is 1. The molecule has 1 saturated heterocycles. The van der Waals surface area contributed by atoms with E-state index in [-0.39, 0.29) is 6.04 Å². The number of aromatic amines is 1. The number of nitrogens with two attached hydrogens (primary N) is 1. The van der Waals surface area contributed by atoms with Crippen LogP contribution in [0.3, 0.4) is 0 Å². The fourth-order valence-electron chi connectivity index (χ4n) is 3.64. The van der Waals surface area contributed by atoms with Crippen molar-refractivity contribution in [3.05, 3.63) is 24.0 Å². The summed E-state index contributed by atoms with van der Waals surface area (Å²) in [6.07, 6.45) is 1.43. The number of likely N-dealkylation sites (tertiary alicyclic amines) is 1. The van der Waals surface area contributed by atoms with Crippen molar-refractivity contribution >= 4 is 35.5 Å². The molecule has 1 fully saturated rings. The molecule has 2 aromatic rings. The average Bonchev–Trinajstić information content (AvgIpc) is 3.31. The zero-order valence-corrected chi connectivity index (χ0v) is 16.2. The van der Waals surface area contributed by atoms with Gasteiger partial charge in [-0.2, -0.15) is 0 Å². The lowest BCUT2D eigenvalue weighted by molar-refractivity contribution is -0.159. The molecular formula is C18H25BN4O5. The van der Waals surface area contributed by atoms with Crippen LogP contribution in [0.1, 0.15) is 38.6 Å². The van der Waals surface area contributed by atoms with E-state index in [1.54, 1.807) is 36.9 Å². The second-order valence-corrected chi connectivity index (χ2v) is 7.44. The molecule has 1 amide bonds. The van der Waals surface area contributed by atoms with Crippen molar-refractivity contribution < 1.29 is 24.4 Å². The van der Waals surface area contributed by atoms with Crippen molar-refractivity contribution in [2.75, 3.05) is 13.7 Å². The van der Waals surface area contributed by atoms with Crippen LogP contribution in [-0.4, -0.2) is 63.1 Å². The number of imidazole rings is 1. The maximum Gasteiger partial charge on any atom is 0.488 e. The number of nitrogens with zero attached hydrogens (tertiary/aromatic N) is 2. The van der Waals surface area contributed by atoms with Crippen LogP contribution in [0, 0.1) is 5.92 Å². The van der Waals surface area contributed by atoms with Crippen LogP contribution in [-0.2, 0) is 14.3 Å². The molecule has 0 spiro atoms. The van der Waals surface area contributed by atoms with Gasteiger partial charge in [-0.05, 0) is 36.4 Å². The highest BCUT2D eigenvalue weighted by Crippen LogP contribution is 2.34. The van der Waals surface area contributed by atoms with Crippen molar-refractivity contribution in [2.45, 2.75) is 38.3 Å². The molecule has 1 aliphatic heterocycles. The Hall–Kier alpha value is -2.43. The lowest BCUT2D eigenvalue weighted by atomic mass is 9.80. The molecule has 1 aliphatic rings. The van der Waals surface area contributed by atoms with Crippen molar-refractivity contribution in [1.82, 2.24) is 14.9 Å². The first-order valence-electron chi connectivity index (χ1n) is 9.24. The van der Waals surface area contributed by atoms with Gasteiger partial charge in [0.25, 0.3) is 5.91 Å². The third kappa shape index (κ3) is 3.27. The maximum absolute atomic E-state index is 13.2. The Labute approximate surface area is 163 Å².